The fourth-order valence-electron chi connectivity index (χ4n) is 2.77. The summed E-state index contributed by atoms with van der Waals surface area (Å²) < 4.78 is 4.82. The van der Waals surface area contributed by atoms with Gasteiger partial charge >= 0.3 is 5.97 Å². The van der Waals surface area contributed by atoms with E-state index in [0.29, 0.717) is 15.7 Å². The third-order valence-corrected chi connectivity index (χ3v) is 5.16. The summed E-state index contributed by atoms with van der Waals surface area (Å²) in [4.78, 5) is 21.7. The molecule has 1 saturated carbocycles. The summed E-state index contributed by atoms with van der Waals surface area (Å²) in [6.07, 6.45) is 4.73. The lowest BCUT2D eigenvalue weighted by Crippen LogP contribution is -2.16. The first-order valence-electron chi connectivity index (χ1n) is 6.91. The number of hydrogen-bond acceptors (Lipinski definition) is 6. The van der Waals surface area contributed by atoms with Crippen LogP contribution in [0.3, 0.4) is 0 Å². The fraction of sp³-hybridized carbons (Fsp3) is 0.500. The van der Waals surface area contributed by atoms with E-state index < -0.39 is 0 Å². The van der Waals surface area contributed by atoms with Gasteiger partial charge in [0.25, 0.3) is 0 Å². The van der Waals surface area contributed by atoms with Crippen molar-refractivity contribution in [2.24, 2.45) is 0 Å². The summed E-state index contributed by atoms with van der Waals surface area (Å²) in [7, 11) is 1.38. The number of carbonyl (C=O) groups excluding carboxylic acids is 1. The topological polar surface area (TPSA) is 64.1 Å². The van der Waals surface area contributed by atoms with Gasteiger partial charge in [0.1, 0.15) is 15.5 Å². The SMILES string of the molecule is COC(=O)c1sc2nc(Cl)nc(NC3CCCC3)c2c1C. The fourth-order valence-corrected chi connectivity index (χ4v) is 4.09. The van der Waals surface area contributed by atoms with Crippen LogP contribution in [0.1, 0.15) is 40.9 Å². The maximum atomic E-state index is 11.8. The van der Waals surface area contributed by atoms with Crippen molar-refractivity contribution < 1.29 is 9.53 Å². The summed E-state index contributed by atoms with van der Waals surface area (Å²) >= 11 is 7.31. The lowest BCUT2D eigenvalue weighted by atomic mass is 10.2. The molecule has 0 amide bonds. The smallest absolute Gasteiger partial charge is 0.348 e. The van der Waals surface area contributed by atoms with Crippen LogP contribution < -0.4 is 5.32 Å². The molecule has 7 heteroatoms. The second kappa shape index (κ2) is 5.77. The van der Waals surface area contributed by atoms with Crippen molar-refractivity contribution in [2.75, 3.05) is 12.4 Å². The van der Waals surface area contributed by atoms with E-state index in [1.807, 2.05) is 6.92 Å². The summed E-state index contributed by atoms with van der Waals surface area (Å²) in [6.45, 7) is 1.89. The molecule has 112 valence electrons. The molecule has 1 N–H and O–H groups in total. The molecule has 2 aromatic heterocycles. The average Bonchev–Trinajstić information content (AvgIpc) is 3.06. The van der Waals surface area contributed by atoms with E-state index in [0.717, 1.165) is 29.6 Å². The number of methoxy groups -OCH3 is 1. The van der Waals surface area contributed by atoms with E-state index in [2.05, 4.69) is 15.3 Å². The Morgan fingerprint density at radius 2 is 2.10 bits per heavy atom. The van der Waals surface area contributed by atoms with Crippen molar-refractivity contribution in [3.8, 4) is 0 Å². The summed E-state index contributed by atoms with van der Waals surface area (Å²) in [5.74, 6) is 0.374. The number of halogens is 1. The van der Waals surface area contributed by atoms with E-state index in [9.17, 15) is 4.79 Å². The Kier molecular flexibility index (Phi) is 3.99. The molecule has 1 aliphatic carbocycles. The van der Waals surface area contributed by atoms with Crippen molar-refractivity contribution in [1.29, 1.82) is 0 Å². The first-order chi connectivity index (χ1) is 10.1. The maximum Gasteiger partial charge on any atom is 0.348 e. The van der Waals surface area contributed by atoms with Crippen LogP contribution in [0.2, 0.25) is 5.28 Å². The summed E-state index contributed by atoms with van der Waals surface area (Å²) in [6, 6.07) is 0.417. The van der Waals surface area contributed by atoms with Gasteiger partial charge in [-0.05, 0) is 36.9 Å². The van der Waals surface area contributed by atoms with Crippen LogP contribution in [-0.4, -0.2) is 29.1 Å². The predicted octanol–water partition coefficient (Wildman–Crippen LogP) is 3.79. The summed E-state index contributed by atoms with van der Waals surface area (Å²) in [5.41, 5.74) is 0.846. The molecule has 2 heterocycles. The van der Waals surface area contributed by atoms with Crippen molar-refractivity contribution in [3.63, 3.8) is 0 Å². The second-order valence-corrected chi connectivity index (χ2v) is 6.53. The molecular formula is C14H16ClN3O2S. The van der Waals surface area contributed by atoms with Gasteiger partial charge in [0.05, 0.1) is 12.5 Å². The third-order valence-electron chi connectivity index (χ3n) is 3.83. The minimum Gasteiger partial charge on any atom is -0.465 e. The molecule has 0 unspecified atom stereocenters. The predicted molar refractivity (Wildman–Crippen MR) is 84.4 cm³/mol. The zero-order valence-corrected chi connectivity index (χ0v) is 13.5. The number of nitrogens with zero attached hydrogens (tertiary/aromatic N) is 2. The minimum absolute atomic E-state index is 0.195. The molecule has 0 aliphatic heterocycles. The lowest BCUT2D eigenvalue weighted by Gasteiger charge is -2.13. The van der Waals surface area contributed by atoms with Crippen LogP contribution in [0.5, 0.6) is 0 Å². The quantitative estimate of drug-likeness (QED) is 0.687. The highest BCUT2D eigenvalue weighted by molar-refractivity contribution is 7.20. The number of thiophene rings is 1. The van der Waals surface area contributed by atoms with Gasteiger partial charge in [-0.25, -0.2) is 14.8 Å². The molecule has 2 aromatic rings. The maximum absolute atomic E-state index is 11.8. The van der Waals surface area contributed by atoms with Crippen molar-refractivity contribution >= 4 is 44.9 Å². The molecule has 5 nitrogen and oxygen atoms in total. The van der Waals surface area contributed by atoms with Crippen LogP contribution in [-0.2, 0) is 4.74 Å². The third kappa shape index (κ3) is 2.70. The van der Waals surface area contributed by atoms with Gasteiger partial charge in [0, 0.05) is 6.04 Å². The van der Waals surface area contributed by atoms with Crippen molar-refractivity contribution in [2.45, 2.75) is 38.6 Å². The van der Waals surface area contributed by atoms with E-state index in [1.165, 1.54) is 31.3 Å². The van der Waals surface area contributed by atoms with Crippen molar-refractivity contribution in [3.05, 3.63) is 15.7 Å². The number of nitrogens with one attached hydrogen (secondary N) is 1. The van der Waals surface area contributed by atoms with Gasteiger partial charge in [-0.3, -0.25) is 0 Å². The number of aromatic nitrogens is 2. The van der Waals surface area contributed by atoms with Crippen molar-refractivity contribution in [1.82, 2.24) is 9.97 Å². The lowest BCUT2D eigenvalue weighted by molar-refractivity contribution is 0.0605. The first-order valence-corrected chi connectivity index (χ1v) is 8.11. The largest absolute Gasteiger partial charge is 0.465 e. The first kappa shape index (κ1) is 14.5. The normalized spacial score (nSPS) is 15.6. The molecule has 1 fully saturated rings. The van der Waals surface area contributed by atoms with Gasteiger partial charge < -0.3 is 10.1 Å². The average molecular weight is 326 g/mol. The van der Waals surface area contributed by atoms with E-state index in [1.54, 1.807) is 0 Å². The highest BCUT2D eigenvalue weighted by Crippen LogP contribution is 2.36. The zero-order chi connectivity index (χ0) is 15.0. The summed E-state index contributed by atoms with van der Waals surface area (Å²) in [5, 5.41) is 4.52. The monoisotopic (exact) mass is 325 g/mol. The molecule has 21 heavy (non-hydrogen) atoms. The Hall–Kier alpha value is -1.40. The molecule has 0 atom stereocenters. The van der Waals surface area contributed by atoms with Crippen LogP contribution in [0.25, 0.3) is 10.2 Å². The van der Waals surface area contributed by atoms with Crippen LogP contribution in [0, 0.1) is 6.92 Å². The van der Waals surface area contributed by atoms with E-state index in [4.69, 9.17) is 16.3 Å². The Labute approximate surface area is 131 Å². The molecule has 3 rings (SSSR count). The number of carbonyl (C=O) groups is 1. The molecular weight excluding hydrogens is 310 g/mol. The highest BCUT2D eigenvalue weighted by Gasteiger charge is 2.23. The van der Waals surface area contributed by atoms with Gasteiger partial charge in [0.15, 0.2) is 0 Å². The molecule has 0 spiro atoms. The zero-order valence-electron chi connectivity index (χ0n) is 11.9. The number of hydrogen-bond donors (Lipinski definition) is 1. The van der Waals surface area contributed by atoms with Crippen LogP contribution in [0.15, 0.2) is 0 Å². The molecule has 1 aliphatic rings. The van der Waals surface area contributed by atoms with Gasteiger partial charge in [-0.1, -0.05) is 12.8 Å². The second-order valence-electron chi connectivity index (χ2n) is 5.19. The number of fused-ring (bicyclic) bond motifs is 1. The van der Waals surface area contributed by atoms with E-state index in [-0.39, 0.29) is 11.3 Å². The molecule has 0 radical (unpaired) electrons. The minimum atomic E-state index is -0.349. The Bertz CT molecular complexity index is 695. The molecule has 0 saturated heterocycles. The number of anilines is 1. The number of esters is 1. The molecule has 0 aromatic carbocycles. The Morgan fingerprint density at radius 3 is 2.76 bits per heavy atom. The molecule has 0 bridgehead atoms. The Morgan fingerprint density at radius 1 is 1.38 bits per heavy atom. The number of rotatable bonds is 3. The van der Waals surface area contributed by atoms with E-state index >= 15 is 0 Å². The number of aryl methyl sites for hydroxylation is 1. The van der Waals surface area contributed by atoms with Gasteiger partial charge in [-0.2, -0.15) is 0 Å². The van der Waals surface area contributed by atoms with Gasteiger partial charge in [0.2, 0.25) is 5.28 Å². The highest BCUT2D eigenvalue weighted by atomic mass is 35.5. The number of ether oxygens (including phenoxy) is 1. The van der Waals surface area contributed by atoms with Crippen LogP contribution >= 0.6 is 22.9 Å². The van der Waals surface area contributed by atoms with Gasteiger partial charge in [-0.15, -0.1) is 11.3 Å². The Balaban J connectivity index is 2.09. The standard InChI is InChI=1S/C14H16ClN3O2S/c1-7-9-11(16-8-5-3-4-6-8)17-14(15)18-12(9)21-10(7)13(19)20-2/h8H,3-6H2,1-2H3,(H,16,17,18). The van der Waals surface area contributed by atoms with Crippen LogP contribution in [0.4, 0.5) is 5.82 Å².